The Hall–Kier alpha value is -1.93. The van der Waals surface area contributed by atoms with Gasteiger partial charge in [-0.3, -0.25) is 14.3 Å². The van der Waals surface area contributed by atoms with E-state index < -0.39 is 0 Å². The van der Waals surface area contributed by atoms with Crippen LogP contribution in [0.1, 0.15) is 26.2 Å². The zero-order valence-electron chi connectivity index (χ0n) is 15.1. The molecule has 1 atom stereocenters. The molecule has 140 valence electrons. The Morgan fingerprint density at radius 3 is 2.88 bits per heavy atom. The van der Waals surface area contributed by atoms with Crippen LogP contribution in [0.15, 0.2) is 12.4 Å². The fourth-order valence-corrected chi connectivity index (χ4v) is 3.09. The Balaban J connectivity index is 1.74. The number of nitrogens with zero attached hydrogens (tertiary/aromatic N) is 2. The topological polar surface area (TPSA) is 97.3 Å². The minimum atomic E-state index is -0.141. The van der Waals surface area contributed by atoms with Crippen LogP contribution in [0.5, 0.6) is 0 Å². The molecule has 2 heterocycles. The highest BCUT2D eigenvalue weighted by atomic mass is 16.5. The quantitative estimate of drug-likeness (QED) is 0.567. The van der Waals surface area contributed by atoms with Crippen LogP contribution in [-0.4, -0.2) is 54.9 Å². The van der Waals surface area contributed by atoms with E-state index in [0.717, 1.165) is 25.9 Å². The van der Waals surface area contributed by atoms with Gasteiger partial charge < -0.3 is 20.7 Å². The molecule has 8 nitrogen and oxygen atoms in total. The SMILES string of the molecule is COCCNC(=O)Cn1cc(NC(=O)CC(C)C2CCNCC2)cn1. The van der Waals surface area contributed by atoms with Crippen LogP contribution in [0, 0.1) is 11.8 Å². The molecule has 0 aliphatic carbocycles. The summed E-state index contributed by atoms with van der Waals surface area (Å²) in [6, 6.07) is 0. The van der Waals surface area contributed by atoms with Gasteiger partial charge in [0, 0.05) is 26.3 Å². The van der Waals surface area contributed by atoms with E-state index in [0.29, 0.717) is 37.1 Å². The molecule has 2 amide bonds. The number of carbonyl (C=O) groups is 2. The Bertz CT molecular complexity index is 554. The van der Waals surface area contributed by atoms with E-state index in [1.807, 2.05) is 0 Å². The van der Waals surface area contributed by atoms with Crippen molar-refractivity contribution in [2.24, 2.45) is 11.8 Å². The first-order valence-corrected chi connectivity index (χ1v) is 8.87. The number of nitrogens with one attached hydrogen (secondary N) is 3. The predicted octanol–water partition coefficient (Wildman–Crippen LogP) is 0.610. The number of hydrogen-bond acceptors (Lipinski definition) is 5. The van der Waals surface area contributed by atoms with Gasteiger partial charge in [0.05, 0.1) is 18.5 Å². The highest BCUT2D eigenvalue weighted by Crippen LogP contribution is 2.24. The van der Waals surface area contributed by atoms with E-state index in [2.05, 4.69) is 28.0 Å². The van der Waals surface area contributed by atoms with Crippen LogP contribution < -0.4 is 16.0 Å². The average molecular weight is 351 g/mol. The first kappa shape index (κ1) is 19.4. The van der Waals surface area contributed by atoms with Crippen LogP contribution in [-0.2, 0) is 20.9 Å². The number of methoxy groups -OCH3 is 1. The molecule has 1 fully saturated rings. The van der Waals surface area contributed by atoms with Crippen molar-refractivity contribution in [2.75, 3.05) is 38.7 Å². The van der Waals surface area contributed by atoms with Crippen LogP contribution in [0.2, 0.25) is 0 Å². The van der Waals surface area contributed by atoms with E-state index in [-0.39, 0.29) is 18.4 Å². The number of carbonyl (C=O) groups excluding carboxylic acids is 2. The average Bonchev–Trinajstić information content (AvgIpc) is 3.02. The maximum absolute atomic E-state index is 12.2. The summed E-state index contributed by atoms with van der Waals surface area (Å²) in [5, 5.41) is 13.0. The summed E-state index contributed by atoms with van der Waals surface area (Å²) in [7, 11) is 1.58. The van der Waals surface area contributed by atoms with Gasteiger partial charge in [0.2, 0.25) is 11.8 Å². The Labute approximate surface area is 148 Å². The standard InChI is InChI=1S/C17H29N5O3/c1-13(14-3-5-18-6-4-14)9-16(23)21-15-10-20-22(11-15)12-17(24)19-7-8-25-2/h10-11,13-14,18H,3-9,12H2,1-2H3,(H,19,24)(H,21,23). The van der Waals surface area contributed by atoms with Crippen molar-refractivity contribution in [3.8, 4) is 0 Å². The molecule has 1 aliphatic heterocycles. The van der Waals surface area contributed by atoms with Gasteiger partial charge in [0.1, 0.15) is 6.54 Å². The fourth-order valence-electron chi connectivity index (χ4n) is 3.09. The van der Waals surface area contributed by atoms with Crippen LogP contribution >= 0.6 is 0 Å². The first-order valence-electron chi connectivity index (χ1n) is 8.87. The smallest absolute Gasteiger partial charge is 0.241 e. The number of hydrogen-bond donors (Lipinski definition) is 3. The Kier molecular flexibility index (Phi) is 7.87. The molecular formula is C17H29N5O3. The van der Waals surface area contributed by atoms with Crippen molar-refractivity contribution in [1.29, 1.82) is 0 Å². The van der Waals surface area contributed by atoms with Gasteiger partial charge in [-0.1, -0.05) is 6.92 Å². The molecule has 0 bridgehead atoms. The minimum Gasteiger partial charge on any atom is -0.383 e. The highest BCUT2D eigenvalue weighted by molar-refractivity contribution is 5.90. The Morgan fingerprint density at radius 2 is 2.16 bits per heavy atom. The van der Waals surface area contributed by atoms with Crippen molar-refractivity contribution >= 4 is 17.5 Å². The maximum Gasteiger partial charge on any atom is 0.241 e. The molecule has 1 unspecified atom stereocenters. The van der Waals surface area contributed by atoms with Gasteiger partial charge in [-0.05, 0) is 37.8 Å². The highest BCUT2D eigenvalue weighted by Gasteiger charge is 2.22. The predicted molar refractivity (Wildman–Crippen MR) is 95.1 cm³/mol. The third-order valence-corrected chi connectivity index (χ3v) is 4.55. The number of anilines is 1. The summed E-state index contributed by atoms with van der Waals surface area (Å²) in [4.78, 5) is 23.9. The molecule has 0 aromatic carbocycles. The zero-order valence-corrected chi connectivity index (χ0v) is 15.1. The second-order valence-electron chi connectivity index (χ2n) is 6.59. The van der Waals surface area contributed by atoms with Gasteiger partial charge in [-0.15, -0.1) is 0 Å². The molecule has 1 aromatic rings. The molecule has 1 saturated heterocycles. The molecular weight excluding hydrogens is 322 g/mol. The molecule has 2 rings (SSSR count). The number of aromatic nitrogens is 2. The lowest BCUT2D eigenvalue weighted by Gasteiger charge is -2.27. The molecule has 0 radical (unpaired) electrons. The number of ether oxygens (including phenoxy) is 1. The molecule has 8 heteroatoms. The molecule has 0 saturated carbocycles. The Morgan fingerprint density at radius 1 is 1.40 bits per heavy atom. The van der Waals surface area contributed by atoms with E-state index in [4.69, 9.17) is 4.74 Å². The van der Waals surface area contributed by atoms with Gasteiger partial charge in [0.25, 0.3) is 0 Å². The van der Waals surface area contributed by atoms with Gasteiger partial charge in [-0.2, -0.15) is 5.10 Å². The molecule has 0 spiro atoms. The largest absolute Gasteiger partial charge is 0.383 e. The summed E-state index contributed by atoms with van der Waals surface area (Å²) in [5.74, 6) is 0.821. The summed E-state index contributed by atoms with van der Waals surface area (Å²) in [6.07, 6.45) is 6.00. The van der Waals surface area contributed by atoms with Crippen LogP contribution in [0.3, 0.4) is 0 Å². The second kappa shape index (κ2) is 10.1. The molecule has 3 N–H and O–H groups in total. The lowest BCUT2D eigenvalue weighted by molar-refractivity contribution is -0.122. The van der Waals surface area contributed by atoms with Gasteiger partial charge in [0.15, 0.2) is 0 Å². The normalized spacial score (nSPS) is 16.4. The van der Waals surface area contributed by atoms with Gasteiger partial charge >= 0.3 is 0 Å². The second-order valence-corrected chi connectivity index (χ2v) is 6.59. The number of amides is 2. The number of rotatable bonds is 9. The minimum absolute atomic E-state index is 0.00451. The molecule has 25 heavy (non-hydrogen) atoms. The van der Waals surface area contributed by atoms with E-state index in [1.165, 1.54) is 4.68 Å². The van der Waals surface area contributed by atoms with Crippen molar-refractivity contribution < 1.29 is 14.3 Å². The molecule has 1 aliphatic rings. The van der Waals surface area contributed by atoms with Crippen molar-refractivity contribution in [3.63, 3.8) is 0 Å². The van der Waals surface area contributed by atoms with Crippen LogP contribution in [0.25, 0.3) is 0 Å². The fraction of sp³-hybridized carbons (Fsp3) is 0.706. The van der Waals surface area contributed by atoms with Crippen molar-refractivity contribution in [2.45, 2.75) is 32.7 Å². The summed E-state index contributed by atoms with van der Waals surface area (Å²) >= 11 is 0. The van der Waals surface area contributed by atoms with Gasteiger partial charge in [-0.25, -0.2) is 0 Å². The van der Waals surface area contributed by atoms with E-state index in [9.17, 15) is 9.59 Å². The summed E-state index contributed by atoms with van der Waals surface area (Å²) in [6.45, 7) is 5.27. The molecule has 1 aromatic heterocycles. The third kappa shape index (κ3) is 6.83. The first-order chi connectivity index (χ1) is 12.1. The van der Waals surface area contributed by atoms with E-state index >= 15 is 0 Å². The zero-order chi connectivity index (χ0) is 18.1. The number of piperidine rings is 1. The van der Waals surface area contributed by atoms with E-state index in [1.54, 1.807) is 19.5 Å². The summed E-state index contributed by atoms with van der Waals surface area (Å²) < 4.78 is 6.39. The summed E-state index contributed by atoms with van der Waals surface area (Å²) in [5.41, 5.74) is 0.618. The van der Waals surface area contributed by atoms with Crippen molar-refractivity contribution in [3.05, 3.63) is 12.4 Å². The van der Waals surface area contributed by atoms with Crippen molar-refractivity contribution in [1.82, 2.24) is 20.4 Å². The lowest BCUT2D eigenvalue weighted by Crippen LogP contribution is -2.32. The third-order valence-electron chi connectivity index (χ3n) is 4.55. The maximum atomic E-state index is 12.2. The lowest BCUT2D eigenvalue weighted by atomic mass is 9.84. The van der Waals surface area contributed by atoms with Crippen LogP contribution in [0.4, 0.5) is 5.69 Å². The monoisotopic (exact) mass is 351 g/mol.